The number of carbonyl (C=O) groups excluding carboxylic acids is 2. The van der Waals surface area contributed by atoms with Crippen LogP contribution in [0.25, 0.3) is 0 Å². The molecule has 1 saturated carbocycles. The molecular formula is C25H30N4O4S. The fourth-order valence-corrected chi connectivity index (χ4v) is 7.17. The van der Waals surface area contributed by atoms with Gasteiger partial charge < -0.3 is 15.6 Å². The number of hydrogen-bond donors (Lipinski definition) is 3. The Hall–Kier alpha value is -2.91. The van der Waals surface area contributed by atoms with Crippen molar-refractivity contribution in [1.82, 2.24) is 14.6 Å². The number of anilines is 1. The van der Waals surface area contributed by atoms with E-state index in [0.717, 1.165) is 44.2 Å². The van der Waals surface area contributed by atoms with E-state index in [2.05, 4.69) is 22.2 Å². The number of carbonyl (C=O) groups is 2. The highest BCUT2D eigenvalue weighted by Crippen LogP contribution is 2.40. The number of aromatic nitrogens is 1. The van der Waals surface area contributed by atoms with E-state index in [1.54, 1.807) is 28.6 Å². The monoisotopic (exact) mass is 482 g/mol. The first-order valence-corrected chi connectivity index (χ1v) is 13.3. The van der Waals surface area contributed by atoms with Crippen molar-refractivity contribution in [3.05, 3.63) is 59.9 Å². The summed E-state index contributed by atoms with van der Waals surface area (Å²) in [5.41, 5.74) is 3.44. The minimum Gasteiger partial charge on any atom is -0.354 e. The number of nitrogens with zero attached hydrogens (tertiary/aromatic N) is 1. The average Bonchev–Trinajstić information content (AvgIpc) is 3.52. The standard InChI is InChI=1S/C25H30N4O4S/c1-2-24(30)26-20-11-17-14-29(15-18(17)12-20)34(32,33)21-9-7-19(8-10-21)27-25(31)23-13-16-5-3-4-6-22(16)28-23/h2,7-10,13,17-18,20,28H,1,3-6,11-12,14-15H2,(H,26,30)(H,27,31). The van der Waals surface area contributed by atoms with E-state index >= 15 is 0 Å². The molecule has 3 N–H and O–H groups in total. The highest BCUT2D eigenvalue weighted by Gasteiger charge is 2.45. The molecule has 1 aliphatic heterocycles. The van der Waals surface area contributed by atoms with Crippen LogP contribution in [0.15, 0.2) is 47.9 Å². The second-order valence-electron chi connectivity index (χ2n) is 9.60. The Bertz CT molecular complexity index is 1180. The third-order valence-electron chi connectivity index (χ3n) is 7.36. The minimum atomic E-state index is -3.61. The van der Waals surface area contributed by atoms with Gasteiger partial charge in [-0.2, -0.15) is 4.31 Å². The van der Waals surface area contributed by atoms with Crippen molar-refractivity contribution in [2.24, 2.45) is 11.8 Å². The van der Waals surface area contributed by atoms with Crippen molar-refractivity contribution in [2.75, 3.05) is 18.4 Å². The van der Waals surface area contributed by atoms with Gasteiger partial charge in [-0.25, -0.2) is 8.42 Å². The summed E-state index contributed by atoms with van der Waals surface area (Å²) < 4.78 is 27.9. The Balaban J connectivity index is 1.20. The lowest BCUT2D eigenvalue weighted by Crippen LogP contribution is -2.35. The molecule has 2 heterocycles. The molecule has 0 bridgehead atoms. The maximum absolute atomic E-state index is 13.2. The molecule has 34 heavy (non-hydrogen) atoms. The summed E-state index contributed by atoms with van der Waals surface area (Å²) in [5.74, 6) is 0.0816. The van der Waals surface area contributed by atoms with Crippen LogP contribution in [0.3, 0.4) is 0 Å². The molecule has 2 aromatic rings. The Morgan fingerprint density at radius 1 is 1.06 bits per heavy atom. The fraction of sp³-hybridized carbons (Fsp3) is 0.440. The first-order valence-electron chi connectivity index (χ1n) is 11.9. The first kappa shape index (κ1) is 22.9. The van der Waals surface area contributed by atoms with Crippen LogP contribution < -0.4 is 10.6 Å². The van der Waals surface area contributed by atoms with Crippen molar-refractivity contribution in [2.45, 2.75) is 49.5 Å². The van der Waals surface area contributed by atoms with Crippen LogP contribution >= 0.6 is 0 Å². The number of amides is 2. The summed E-state index contributed by atoms with van der Waals surface area (Å²) in [5, 5.41) is 5.78. The molecule has 1 aromatic heterocycles. The molecule has 1 aromatic carbocycles. The first-order chi connectivity index (χ1) is 16.3. The molecule has 2 fully saturated rings. The highest BCUT2D eigenvalue weighted by atomic mass is 32.2. The van der Waals surface area contributed by atoms with E-state index in [0.29, 0.717) is 24.5 Å². The van der Waals surface area contributed by atoms with Crippen molar-refractivity contribution in [3.8, 4) is 0 Å². The SMILES string of the molecule is C=CC(=O)NC1CC2CN(S(=O)(=O)c3ccc(NC(=O)c4cc5c([nH]4)CCCC5)cc3)CC2C1. The van der Waals surface area contributed by atoms with Crippen LogP contribution in [0.4, 0.5) is 5.69 Å². The number of rotatable bonds is 6. The Labute approximate surface area is 199 Å². The topological polar surface area (TPSA) is 111 Å². The lowest BCUT2D eigenvalue weighted by molar-refractivity contribution is -0.117. The normalized spacial score (nSPS) is 24.3. The number of H-pyrrole nitrogens is 1. The molecule has 1 saturated heterocycles. The minimum absolute atomic E-state index is 0.0819. The number of hydrogen-bond acceptors (Lipinski definition) is 4. The van der Waals surface area contributed by atoms with E-state index in [1.165, 1.54) is 11.6 Å². The van der Waals surface area contributed by atoms with E-state index in [1.807, 2.05) is 6.07 Å². The van der Waals surface area contributed by atoms with Crippen molar-refractivity contribution < 1.29 is 18.0 Å². The molecule has 2 unspecified atom stereocenters. The van der Waals surface area contributed by atoms with Crippen molar-refractivity contribution in [3.63, 3.8) is 0 Å². The van der Waals surface area contributed by atoms with Gasteiger partial charge in [0, 0.05) is 30.5 Å². The van der Waals surface area contributed by atoms with Gasteiger partial charge in [-0.1, -0.05) is 6.58 Å². The predicted octanol–water partition coefficient (Wildman–Crippen LogP) is 2.85. The number of aryl methyl sites for hydroxylation is 2. The number of aromatic amines is 1. The van der Waals surface area contributed by atoms with Crippen LogP contribution in [0.2, 0.25) is 0 Å². The quantitative estimate of drug-likeness (QED) is 0.550. The predicted molar refractivity (Wildman–Crippen MR) is 129 cm³/mol. The van der Waals surface area contributed by atoms with Crippen LogP contribution in [-0.4, -0.2) is 48.7 Å². The third-order valence-corrected chi connectivity index (χ3v) is 9.20. The summed E-state index contributed by atoms with van der Waals surface area (Å²) in [7, 11) is -3.61. The molecule has 2 atom stereocenters. The molecule has 8 nitrogen and oxygen atoms in total. The third kappa shape index (κ3) is 4.42. The van der Waals surface area contributed by atoms with Gasteiger partial charge in [0.15, 0.2) is 0 Å². The molecule has 3 aliphatic rings. The largest absolute Gasteiger partial charge is 0.354 e. The van der Waals surface area contributed by atoms with Gasteiger partial charge in [-0.15, -0.1) is 0 Å². The molecule has 2 aliphatic carbocycles. The van der Waals surface area contributed by atoms with E-state index < -0.39 is 10.0 Å². The molecule has 0 radical (unpaired) electrons. The average molecular weight is 483 g/mol. The zero-order chi connectivity index (χ0) is 23.9. The molecule has 5 rings (SSSR count). The number of fused-ring (bicyclic) bond motifs is 2. The van der Waals surface area contributed by atoms with Gasteiger partial charge in [0.25, 0.3) is 5.91 Å². The van der Waals surface area contributed by atoms with E-state index in [9.17, 15) is 18.0 Å². The van der Waals surface area contributed by atoms with Gasteiger partial charge >= 0.3 is 0 Å². The van der Waals surface area contributed by atoms with Crippen molar-refractivity contribution >= 4 is 27.5 Å². The number of sulfonamides is 1. The summed E-state index contributed by atoms with van der Waals surface area (Å²) in [6.45, 7) is 4.40. The zero-order valence-corrected chi connectivity index (χ0v) is 19.9. The van der Waals surface area contributed by atoms with E-state index in [-0.39, 0.29) is 34.6 Å². The molecule has 180 valence electrons. The second-order valence-corrected chi connectivity index (χ2v) is 11.5. The summed E-state index contributed by atoms with van der Waals surface area (Å²) in [6, 6.07) is 8.35. The van der Waals surface area contributed by atoms with Gasteiger partial charge in [-0.3, -0.25) is 9.59 Å². The van der Waals surface area contributed by atoms with Gasteiger partial charge in [0.1, 0.15) is 5.69 Å². The molecule has 0 spiro atoms. The fourth-order valence-electron chi connectivity index (χ4n) is 5.61. The summed E-state index contributed by atoms with van der Waals surface area (Å²) in [6.07, 6.45) is 7.07. The van der Waals surface area contributed by atoms with E-state index in [4.69, 9.17) is 0 Å². The zero-order valence-electron chi connectivity index (χ0n) is 19.0. The van der Waals surface area contributed by atoms with Crippen LogP contribution in [0, 0.1) is 11.8 Å². The Morgan fingerprint density at radius 3 is 2.38 bits per heavy atom. The molecular weight excluding hydrogens is 452 g/mol. The van der Waals surface area contributed by atoms with Gasteiger partial charge in [0.05, 0.1) is 4.90 Å². The number of benzene rings is 1. The lowest BCUT2D eigenvalue weighted by Gasteiger charge is -2.19. The maximum Gasteiger partial charge on any atom is 0.272 e. The lowest BCUT2D eigenvalue weighted by atomic mass is 9.98. The summed E-state index contributed by atoms with van der Waals surface area (Å²) in [4.78, 5) is 27.6. The molecule has 2 amide bonds. The Morgan fingerprint density at radius 2 is 1.74 bits per heavy atom. The van der Waals surface area contributed by atoms with Gasteiger partial charge in [-0.05, 0) is 92.3 Å². The highest BCUT2D eigenvalue weighted by molar-refractivity contribution is 7.89. The number of nitrogens with one attached hydrogen (secondary N) is 3. The van der Waals surface area contributed by atoms with Crippen LogP contribution in [-0.2, 0) is 27.7 Å². The second kappa shape index (κ2) is 9.03. The maximum atomic E-state index is 13.2. The smallest absolute Gasteiger partial charge is 0.272 e. The van der Waals surface area contributed by atoms with Gasteiger partial charge in [0.2, 0.25) is 15.9 Å². The van der Waals surface area contributed by atoms with Crippen molar-refractivity contribution in [1.29, 1.82) is 0 Å². The van der Waals surface area contributed by atoms with Crippen LogP contribution in [0.1, 0.15) is 47.4 Å². The Kier molecular flexibility index (Phi) is 6.07. The summed E-state index contributed by atoms with van der Waals surface area (Å²) >= 11 is 0. The molecule has 9 heteroatoms. The van der Waals surface area contributed by atoms with Crippen LogP contribution in [0.5, 0.6) is 0 Å².